The van der Waals surface area contributed by atoms with E-state index < -0.39 is 23.6 Å². The number of rotatable bonds is 17. The fraction of sp³-hybridized carbons (Fsp3) is 0.560. The zero-order valence-corrected chi connectivity index (χ0v) is 20.2. The van der Waals surface area contributed by atoms with Crippen molar-refractivity contribution in [1.82, 2.24) is 10.1 Å². The fourth-order valence-corrected chi connectivity index (χ4v) is 3.49. The van der Waals surface area contributed by atoms with Gasteiger partial charge in [-0.05, 0) is 37.8 Å². The number of urea groups is 1. The van der Waals surface area contributed by atoms with Gasteiger partial charge in [0.15, 0.2) is 5.76 Å². The molecule has 0 saturated carbocycles. The summed E-state index contributed by atoms with van der Waals surface area (Å²) in [5, 5.41) is 15.2. The van der Waals surface area contributed by atoms with E-state index in [1.807, 2.05) is 0 Å². The molecule has 194 valence electrons. The highest BCUT2D eigenvalue weighted by Gasteiger charge is 2.16. The van der Waals surface area contributed by atoms with Crippen molar-refractivity contribution in [2.45, 2.75) is 71.3 Å². The van der Waals surface area contributed by atoms with E-state index in [2.05, 4.69) is 17.4 Å². The van der Waals surface area contributed by atoms with Crippen molar-refractivity contribution in [2.75, 3.05) is 25.0 Å². The first-order valence-corrected chi connectivity index (χ1v) is 12.1. The van der Waals surface area contributed by atoms with Crippen molar-refractivity contribution in [3.8, 4) is 0 Å². The van der Waals surface area contributed by atoms with Crippen LogP contribution in [0.25, 0.3) is 0 Å². The average molecular weight is 496 g/mol. The SMILES string of the molecule is CCCCCCCN(CCCCc1cc(COCCC(=O)O)on1)C(=O)Nc1ccc(F)cc1F. The molecule has 0 saturated heterocycles. The molecule has 2 rings (SSSR count). The lowest BCUT2D eigenvalue weighted by molar-refractivity contribution is -0.138. The third kappa shape index (κ3) is 11.3. The number of aliphatic carboxylic acids is 1. The summed E-state index contributed by atoms with van der Waals surface area (Å²) in [6, 6.07) is 4.44. The van der Waals surface area contributed by atoms with Crippen LogP contribution in [0, 0.1) is 11.6 Å². The molecule has 2 N–H and O–H groups in total. The molecule has 0 aliphatic rings. The summed E-state index contributed by atoms with van der Waals surface area (Å²) in [7, 11) is 0. The van der Waals surface area contributed by atoms with E-state index in [0.717, 1.165) is 56.4 Å². The Morgan fingerprint density at radius 2 is 1.83 bits per heavy atom. The number of hydrogen-bond donors (Lipinski definition) is 2. The molecule has 2 amide bonds. The van der Waals surface area contributed by atoms with Crippen LogP contribution in [-0.2, 0) is 22.6 Å². The Balaban J connectivity index is 1.80. The Hall–Kier alpha value is -3.01. The van der Waals surface area contributed by atoms with E-state index in [1.165, 1.54) is 6.07 Å². The number of halogens is 2. The maximum atomic E-state index is 14.0. The summed E-state index contributed by atoms with van der Waals surface area (Å²) < 4.78 is 37.6. The van der Waals surface area contributed by atoms with Gasteiger partial charge in [-0.1, -0.05) is 37.8 Å². The van der Waals surface area contributed by atoms with Gasteiger partial charge < -0.3 is 24.6 Å². The predicted molar refractivity (Wildman–Crippen MR) is 127 cm³/mol. The van der Waals surface area contributed by atoms with Crippen molar-refractivity contribution in [1.29, 1.82) is 0 Å². The number of aryl methyl sites for hydroxylation is 1. The molecule has 0 spiro atoms. The minimum absolute atomic E-state index is 0.0481. The van der Waals surface area contributed by atoms with Crippen LogP contribution in [0.3, 0.4) is 0 Å². The Bertz CT molecular complexity index is 922. The number of carboxylic acids is 1. The molecule has 1 aromatic carbocycles. The molecule has 2 aromatic rings. The lowest BCUT2D eigenvalue weighted by atomic mass is 10.1. The first kappa shape index (κ1) is 28.2. The van der Waals surface area contributed by atoms with Gasteiger partial charge in [-0.3, -0.25) is 4.79 Å². The smallest absolute Gasteiger partial charge is 0.321 e. The van der Waals surface area contributed by atoms with E-state index in [4.69, 9.17) is 14.4 Å². The van der Waals surface area contributed by atoms with Gasteiger partial charge in [0, 0.05) is 25.2 Å². The van der Waals surface area contributed by atoms with Gasteiger partial charge in [-0.15, -0.1) is 0 Å². The molecule has 0 unspecified atom stereocenters. The number of ether oxygens (including phenoxy) is 1. The molecular formula is C25H35F2N3O5. The Labute approximate surface area is 204 Å². The van der Waals surface area contributed by atoms with Crippen molar-refractivity contribution >= 4 is 17.7 Å². The van der Waals surface area contributed by atoms with Gasteiger partial charge in [0.25, 0.3) is 0 Å². The topological polar surface area (TPSA) is 105 Å². The molecule has 0 radical (unpaired) electrons. The van der Waals surface area contributed by atoms with Crippen molar-refractivity contribution < 1.29 is 32.7 Å². The van der Waals surface area contributed by atoms with Gasteiger partial charge >= 0.3 is 12.0 Å². The molecule has 1 heterocycles. The minimum atomic E-state index is -0.922. The molecule has 0 fully saturated rings. The largest absolute Gasteiger partial charge is 0.481 e. The second kappa shape index (κ2) is 15.8. The zero-order valence-electron chi connectivity index (χ0n) is 20.2. The number of carbonyl (C=O) groups is 2. The summed E-state index contributed by atoms with van der Waals surface area (Å²) in [5.74, 6) is -1.90. The second-order valence-electron chi connectivity index (χ2n) is 8.39. The van der Waals surface area contributed by atoms with Crippen LogP contribution in [0.4, 0.5) is 19.3 Å². The maximum Gasteiger partial charge on any atom is 0.321 e. The molecule has 35 heavy (non-hydrogen) atoms. The summed E-state index contributed by atoms with van der Waals surface area (Å²) in [6.07, 6.45) is 7.31. The quantitative estimate of drug-likeness (QED) is 0.270. The molecule has 1 aromatic heterocycles. The number of aromatic nitrogens is 1. The lowest BCUT2D eigenvalue weighted by Gasteiger charge is -2.23. The Morgan fingerprint density at radius 1 is 1.09 bits per heavy atom. The van der Waals surface area contributed by atoms with Crippen molar-refractivity contribution in [3.05, 3.63) is 47.4 Å². The first-order chi connectivity index (χ1) is 16.9. The first-order valence-electron chi connectivity index (χ1n) is 12.1. The predicted octanol–water partition coefficient (Wildman–Crippen LogP) is 5.77. The van der Waals surface area contributed by atoms with Crippen LogP contribution >= 0.6 is 0 Å². The lowest BCUT2D eigenvalue weighted by Crippen LogP contribution is -2.36. The number of amides is 2. The summed E-state index contributed by atoms with van der Waals surface area (Å²) in [6.45, 7) is 3.45. The minimum Gasteiger partial charge on any atom is -0.481 e. The van der Waals surface area contributed by atoms with E-state index >= 15 is 0 Å². The van der Waals surface area contributed by atoms with Crippen molar-refractivity contribution in [3.63, 3.8) is 0 Å². The van der Waals surface area contributed by atoms with Gasteiger partial charge in [0.1, 0.15) is 18.2 Å². The number of anilines is 1. The van der Waals surface area contributed by atoms with Gasteiger partial charge in [0.2, 0.25) is 0 Å². The monoisotopic (exact) mass is 495 g/mol. The number of carboxylic acid groups (broad SMARTS) is 1. The normalized spacial score (nSPS) is 10.9. The number of nitrogens with one attached hydrogen (secondary N) is 1. The van der Waals surface area contributed by atoms with Crippen LogP contribution in [0.15, 0.2) is 28.8 Å². The fourth-order valence-electron chi connectivity index (χ4n) is 3.49. The molecule has 10 heteroatoms. The van der Waals surface area contributed by atoms with E-state index in [0.29, 0.717) is 31.7 Å². The second-order valence-corrected chi connectivity index (χ2v) is 8.39. The zero-order chi connectivity index (χ0) is 25.5. The maximum absolute atomic E-state index is 14.0. The van der Waals surface area contributed by atoms with E-state index in [1.54, 1.807) is 11.0 Å². The van der Waals surface area contributed by atoms with Crippen LogP contribution < -0.4 is 5.32 Å². The van der Waals surface area contributed by atoms with Gasteiger partial charge in [-0.25, -0.2) is 13.6 Å². The number of benzene rings is 1. The van der Waals surface area contributed by atoms with E-state index in [-0.39, 0.29) is 25.3 Å². The highest BCUT2D eigenvalue weighted by Crippen LogP contribution is 2.16. The molecule has 0 aliphatic heterocycles. The van der Waals surface area contributed by atoms with Crippen LogP contribution in [-0.4, -0.2) is 46.9 Å². The highest BCUT2D eigenvalue weighted by atomic mass is 19.1. The molecule has 0 bridgehead atoms. The van der Waals surface area contributed by atoms with Crippen LogP contribution in [0.2, 0.25) is 0 Å². The molecule has 8 nitrogen and oxygen atoms in total. The average Bonchev–Trinajstić information content (AvgIpc) is 3.27. The third-order valence-corrected chi connectivity index (χ3v) is 5.41. The molecular weight excluding hydrogens is 460 g/mol. The third-order valence-electron chi connectivity index (χ3n) is 5.41. The van der Waals surface area contributed by atoms with Gasteiger partial charge in [0.05, 0.1) is 24.4 Å². The summed E-state index contributed by atoms with van der Waals surface area (Å²) in [4.78, 5) is 24.9. The number of carbonyl (C=O) groups excluding carboxylic acids is 1. The Morgan fingerprint density at radius 3 is 2.54 bits per heavy atom. The van der Waals surface area contributed by atoms with Crippen molar-refractivity contribution in [2.24, 2.45) is 0 Å². The molecule has 0 aliphatic carbocycles. The number of hydrogen-bond acceptors (Lipinski definition) is 5. The Kier molecular flexibility index (Phi) is 12.7. The van der Waals surface area contributed by atoms with Gasteiger partial charge in [-0.2, -0.15) is 0 Å². The van der Waals surface area contributed by atoms with Crippen LogP contribution in [0.5, 0.6) is 0 Å². The standard InChI is InChI=1S/C25H35F2N3O5/c1-2-3-4-5-7-13-30(25(33)28-23-11-10-19(26)16-22(23)27)14-8-6-9-20-17-21(35-29-20)18-34-15-12-24(31)32/h10-11,16-17H,2-9,12-15,18H2,1H3,(H,28,33)(H,31,32). The number of nitrogens with zero attached hydrogens (tertiary/aromatic N) is 2. The number of unbranched alkanes of at least 4 members (excludes halogenated alkanes) is 5. The molecule has 0 atom stereocenters. The highest BCUT2D eigenvalue weighted by molar-refractivity contribution is 5.89. The van der Waals surface area contributed by atoms with Crippen LogP contribution in [0.1, 0.15) is 69.7 Å². The summed E-state index contributed by atoms with van der Waals surface area (Å²) in [5.41, 5.74) is 0.707. The summed E-state index contributed by atoms with van der Waals surface area (Å²) >= 11 is 0. The van der Waals surface area contributed by atoms with E-state index in [9.17, 15) is 18.4 Å².